The number of benzene rings is 1. The second-order valence-corrected chi connectivity index (χ2v) is 8.18. The molecule has 158 valence electrons. The molecule has 0 spiro atoms. The first kappa shape index (κ1) is 21.6. The Morgan fingerprint density at radius 2 is 2.00 bits per heavy atom. The molecular formula is C22H31ClN4O2. The standard InChI is InChI=1S/C22H31ClN4O2/c1-3-27(4-2)20(28)10-7-13-24-22(29)17-9-6-5-8-16(17)21-25-18-12-11-15(23)14-19(18)26-21/h11-12,14,16-17H,3-10,13H2,1-2H3,(H,24,29)(H,25,26)/t16-,17+/m1/s1. The summed E-state index contributed by atoms with van der Waals surface area (Å²) in [5, 5.41) is 3.72. The maximum atomic E-state index is 12.9. The lowest BCUT2D eigenvalue weighted by molar-refractivity contribution is -0.131. The zero-order valence-electron chi connectivity index (χ0n) is 17.3. The smallest absolute Gasteiger partial charge is 0.223 e. The van der Waals surface area contributed by atoms with E-state index < -0.39 is 0 Å². The Labute approximate surface area is 177 Å². The topological polar surface area (TPSA) is 78.1 Å². The first-order valence-electron chi connectivity index (χ1n) is 10.7. The number of carbonyl (C=O) groups excluding carboxylic acids is 2. The fourth-order valence-corrected chi connectivity index (χ4v) is 4.44. The summed E-state index contributed by atoms with van der Waals surface area (Å²) in [5.74, 6) is 1.11. The van der Waals surface area contributed by atoms with Gasteiger partial charge in [-0.3, -0.25) is 9.59 Å². The van der Waals surface area contributed by atoms with Crippen LogP contribution in [0.15, 0.2) is 18.2 Å². The van der Waals surface area contributed by atoms with Gasteiger partial charge in [-0.05, 0) is 51.3 Å². The van der Waals surface area contributed by atoms with E-state index in [9.17, 15) is 9.59 Å². The van der Waals surface area contributed by atoms with Crippen LogP contribution in [0.4, 0.5) is 0 Å². The lowest BCUT2D eigenvalue weighted by Gasteiger charge is -2.29. The third-order valence-corrected chi connectivity index (χ3v) is 6.13. The van der Waals surface area contributed by atoms with Crippen LogP contribution in [0.5, 0.6) is 0 Å². The van der Waals surface area contributed by atoms with E-state index in [0.29, 0.717) is 24.4 Å². The summed E-state index contributed by atoms with van der Waals surface area (Å²) in [6, 6.07) is 5.61. The van der Waals surface area contributed by atoms with Crippen LogP contribution in [0.1, 0.15) is 64.1 Å². The molecule has 0 bridgehead atoms. The van der Waals surface area contributed by atoms with Crippen molar-refractivity contribution in [2.45, 2.75) is 58.3 Å². The molecular weight excluding hydrogens is 388 g/mol. The van der Waals surface area contributed by atoms with Gasteiger partial charge in [0.15, 0.2) is 0 Å². The molecule has 0 unspecified atom stereocenters. The molecule has 1 heterocycles. The van der Waals surface area contributed by atoms with Gasteiger partial charge in [-0.1, -0.05) is 24.4 Å². The number of halogens is 1. The molecule has 1 aromatic carbocycles. The molecule has 29 heavy (non-hydrogen) atoms. The molecule has 7 heteroatoms. The molecule has 2 atom stereocenters. The number of carbonyl (C=O) groups is 2. The second-order valence-electron chi connectivity index (χ2n) is 7.74. The Balaban J connectivity index is 1.58. The van der Waals surface area contributed by atoms with Gasteiger partial charge in [0.25, 0.3) is 0 Å². The molecule has 1 fully saturated rings. The Morgan fingerprint density at radius 3 is 2.76 bits per heavy atom. The number of aromatic nitrogens is 2. The summed E-state index contributed by atoms with van der Waals surface area (Å²) in [5.41, 5.74) is 1.79. The van der Waals surface area contributed by atoms with Crippen LogP contribution in [0.2, 0.25) is 5.02 Å². The zero-order chi connectivity index (χ0) is 20.8. The number of rotatable bonds is 8. The van der Waals surface area contributed by atoms with Crippen molar-refractivity contribution in [3.63, 3.8) is 0 Å². The van der Waals surface area contributed by atoms with Gasteiger partial charge in [-0.25, -0.2) is 4.98 Å². The van der Waals surface area contributed by atoms with Crippen molar-refractivity contribution in [2.24, 2.45) is 5.92 Å². The van der Waals surface area contributed by atoms with E-state index in [1.54, 1.807) is 0 Å². The summed E-state index contributed by atoms with van der Waals surface area (Å²) in [6.45, 7) is 5.96. The molecule has 0 aliphatic heterocycles. The number of fused-ring (bicyclic) bond motifs is 1. The highest BCUT2D eigenvalue weighted by Crippen LogP contribution is 2.37. The van der Waals surface area contributed by atoms with Crippen LogP contribution in [-0.2, 0) is 9.59 Å². The highest BCUT2D eigenvalue weighted by Gasteiger charge is 2.33. The van der Waals surface area contributed by atoms with Crippen LogP contribution in [0, 0.1) is 5.92 Å². The van der Waals surface area contributed by atoms with Gasteiger partial charge >= 0.3 is 0 Å². The van der Waals surface area contributed by atoms with Gasteiger partial charge in [0.05, 0.1) is 11.0 Å². The number of aromatic amines is 1. The SMILES string of the molecule is CCN(CC)C(=O)CCCNC(=O)[C@H]1CCCC[C@H]1c1nc2ccc(Cl)cc2[nH]1. The van der Waals surface area contributed by atoms with Crippen LogP contribution < -0.4 is 5.32 Å². The van der Waals surface area contributed by atoms with Crippen molar-refractivity contribution in [2.75, 3.05) is 19.6 Å². The predicted molar refractivity (Wildman–Crippen MR) is 116 cm³/mol. The first-order valence-corrected chi connectivity index (χ1v) is 11.1. The lowest BCUT2D eigenvalue weighted by atomic mass is 9.78. The van der Waals surface area contributed by atoms with Gasteiger partial charge in [-0.15, -0.1) is 0 Å². The van der Waals surface area contributed by atoms with Crippen molar-refractivity contribution < 1.29 is 9.59 Å². The summed E-state index contributed by atoms with van der Waals surface area (Å²) in [4.78, 5) is 34.9. The molecule has 1 aliphatic carbocycles. The summed E-state index contributed by atoms with van der Waals surface area (Å²) < 4.78 is 0. The van der Waals surface area contributed by atoms with Gasteiger partial charge < -0.3 is 15.2 Å². The van der Waals surface area contributed by atoms with Crippen molar-refractivity contribution in [1.29, 1.82) is 0 Å². The van der Waals surface area contributed by atoms with E-state index in [4.69, 9.17) is 16.6 Å². The average molecular weight is 419 g/mol. The minimum Gasteiger partial charge on any atom is -0.356 e. The van der Waals surface area contributed by atoms with Crippen LogP contribution in [0.3, 0.4) is 0 Å². The normalized spacial score (nSPS) is 19.3. The molecule has 2 aromatic rings. The fourth-order valence-electron chi connectivity index (χ4n) is 4.27. The van der Waals surface area contributed by atoms with Gasteiger partial charge in [0.2, 0.25) is 11.8 Å². The van der Waals surface area contributed by atoms with E-state index in [1.807, 2.05) is 36.9 Å². The number of hydrogen-bond donors (Lipinski definition) is 2. The third kappa shape index (κ3) is 5.30. The minimum atomic E-state index is -0.0849. The molecule has 1 aromatic heterocycles. The summed E-state index contributed by atoms with van der Waals surface area (Å²) >= 11 is 6.09. The molecule has 6 nitrogen and oxygen atoms in total. The minimum absolute atomic E-state index is 0.0727. The highest BCUT2D eigenvalue weighted by atomic mass is 35.5. The Morgan fingerprint density at radius 1 is 1.24 bits per heavy atom. The fraction of sp³-hybridized carbons (Fsp3) is 0.591. The monoisotopic (exact) mass is 418 g/mol. The first-order chi connectivity index (χ1) is 14.0. The van der Waals surface area contributed by atoms with Crippen molar-refractivity contribution >= 4 is 34.4 Å². The summed E-state index contributed by atoms with van der Waals surface area (Å²) in [7, 11) is 0. The highest BCUT2D eigenvalue weighted by molar-refractivity contribution is 6.31. The van der Waals surface area contributed by atoms with E-state index in [2.05, 4.69) is 10.3 Å². The zero-order valence-corrected chi connectivity index (χ0v) is 18.1. The lowest BCUT2D eigenvalue weighted by Crippen LogP contribution is -2.37. The maximum absolute atomic E-state index is 12.9. The Bertz CT molecular complexity index is 846. The van der Waals surface area contributed by atoms with Gasteiger partial charge in [0, 0.05) is 42.9 Å². The average Bonchev–Trinajstić information content (AvgIpc) is 3.15. The number of amides is 2. The largest absolute Gasteiger partial charge is 0.356 e. The quantitative estimate of drug-likeness (QED) is 0.629. The Kier molecular flexibility index (Phi) is 7.53. The molecule has 2 amide bonds. The third-order valence-electron chi connectivity index (χ3n) is 5.90. The van der Waals surface area contributed by atoms with Gasteiger partial charge in [0.1, 0.15) is 5.82 Å². The molecule has 0 saturated heterocycles. The van der Waals surface area contributed by atoms with E-state index in [-0.39, 0.29) is 23.7 Å². The van der Waals surface area contributed by atoms with E-state index >= 15 is 0 Å². The maximum Gasteiger partial charge on any atom is 0.223 e. The molecule has 3 rings (SSSR count). The van der Waals surface area contributed by atoms with Crippen molar-refractivity contribution in [3.05, 3.63) is 29.0 Å². The van der Waals surface area contributed by atoms with E-state index in [1.165, 1.54) is 0 Å². The van der Waals surface area contributed by atoms with Crippen molar-refractivity contribution in [1.82, 2.24) is 20.2 Å². The Hall–Kier alpha value is -2.08. The molecule has 1 saturated carbocycles. The van der Waals surface area contributed by atoms with Crippen LogP contribution in [-0.4, -0.2) is 46.3 Å². The molecule has 0 radical (unpaired) electrons. The number of H-pyrrole nitrogens is 1. The molecule has 1 aliphatic rings. The number of nitrogens with zero attached hydrogens (tertiary/aromatic N) is 2. The summed E-state index contributed by atoms with van der Waals surface area (Å²) in [6.07, 6.45) is 5.12. The van der Waals surface area contributed by atoms with Crippen LogP contribution in [0.25, 0.3) is 11.0 Å². The second kappa shape index (κ2) is 10.1. The van der Waals surface area contributed by atoms with Crippen LogP contribution >= 0.6 is 11.6 Å². The number of nitrogens with one attached hydrogen (secondary N) is 2. The van der Waals surface area contributed by atoms with Gasteiger partial charge in [-0.2, -0.15) is 0 Å². The van der Waals surface area contributed by atoms with E-state index in [0.717, 1.165) is 55.6 Å². The molecule has 2 N–H and O–H groups in total. The van der Waals surface area contributed by atoms with Crippen molar-refractivity contribution in [3.8, 4) is 0 Å². The predicted octanol–water partition coefficient (Wildman–Crippen LogP) is 4.25. The number of imidazole rings is 1. The number of hydrogen-bond acceptors (Lipinski definition) is 3.